The van der Waals surface area contributed by atoms with Crippen molar-refractivity contribution in [2.75, 3.05) is 12.4 Å². The molecule has 0 N–H and O–H groups in total. The van der Waals surface area contributed by atoms with Gasteiger partial charge in [-0.3, -0.25) is 4.57 Å². The van der Waals surface area contributed by atoms with Crippen LogP contribution in [0.2, 0.25) is 0 Å². The van der Waals surface area contributed by atoms with Crippen molar-refractivity contribution in [3.63, 3.8) is 0 Å². The minimum absolute atomic E-state index is 0.267. The Kier molecular flexibility index (Phi) is 4.85. The lowest BCUT2D eigenvalue weighted by atomic mass is 9.98. The van der Waals surface area contributed by atoms with Crippen LogP contribution in [0, 0.1) is 0 Å². The molecule has 0 amide bonds. The van der Waals surface area contributed by atoms with Gasteiger partial charge in [-0.2, -0.15) is 0 Å². The van der Waals surface area contributed by atoms with Crippen LogP contribution < -0.4 is 0 Å². The molecule has 0 aliphatic heterocycles. The Labute approximate surface area is 85.0 Å². The van der Waals surface area contributed by atoms with Gasteiger partial charge in [-0.25, -0.2) is 0 Å². The third kappa shape index (κ3) is 4.53. The molecule has 1 aliphatic carbocycles. The van der Waals surface area contributed by atoms with Crippen molar-refractivity contribution in [3.05, 3.63) is 0 Å². The zero-order valence-electron chi connectivity index (χ0n) is 8.49. The van der Waals surface area contributed by atoms with E-state index in [4.69, 9.17) is 4.52 Å². The summed E-state index contributed by atoms with van der Waals surface area (Å²) >= 11 is 1.46. The van der Waals surface area contributed by atoms with Crippen molar-refractivity contribution >= 4 is 18.0 Å². The molecule has 0 aromatic rings. The summed E-state index contributed by atoms with van der Waals surface area (Å²) in [5, 5.41) is 0. The van der Waals surface area contributed by atoms with Crippen LogP contribution in [-0.2, 0) is 9.09 Å². The van der Waals surface area contributed by atoms with Crippen molar-refractivity contribution in [1.29, 1.82) is 0 Å². The first-order chi connectivity index (χ1) is 6.14. The zero-order valence-corrected chi connectivity index (χ0v) is 10.2. The van der Waals surface area contributed by atoms with Crippen molar-refractivity contribution < 1.29 is 9.09 Å². The van der Waals surface area contributed by atoms with Crippen LogP contribution in [0.5, 0.6) is 0 Å². The normalized spacial score (nSPS) is 24.2. The molecule has 1 rings (SSSR count). The van der Waals surface area contributed by atoms with Crippen molar-refractivity contribution in [1.82, 2.24) is 0 Å². The largest absolute Gasteiger partial charge is 0.318 e. The molecule has 0 heterocycles. The molecule has 0 aromatic carbocycles. The van der Waals surface area contributed by atoms with Crippen molar-refractivity contribution in [2.45, 2.75) is 45.1 Å². The molecule has 1 aliphatic rings. The smallest absolute Gasteiger partial charge is 0.254 e. The third-order valence-electron chi connectivity index (χ3n) is 2.26. The highest BCUT2D eigenvalue weighted by atomic mass is 32.7. The van der Waals surface area contributed by atoms with Gasteiger partial charge in [0, 0.05) is 6.66 Å². The van der Waals surface area contributed by atoms with Gasteiger partial charge in [0.05, 0.1) is 6.10 Å². The van der Waals surface area contributed by atoms with Gasteiger partial charge in [-0.15, -0.1) is 0 Å². The van der Waals surface area contributed by atoms with E-state index in [2.05, 4.69) is 0 Å². The fraction of sp³-hybridized carbons (Fsp3) is 1.00. The van der Waals surface area contributed by atoms with E-state index in [0.717, 1.165) is 18.6 Å². The highest BCUT2D eigenvalue weighted by molar-refractivity contribution is 8.56. The Balaban J connectivity index is 2.32. The van der Waals surface area contributed by atoms with Gasteiger partial charge in [0.2, 0.25) is 0 Å². The second kappa shape index (κ2) is 5.43. The molecular formula is C9H19O2PS. The van der Waals surface area contributed by atoms with E-state index in [0.29, 0.717) is 0 Å². The molecule has 1 fully saturated rings. The fourth-order valence-corrected chi connectivity index (χ4v) is 4.94. The first-order valence-corrected chi connectivity index (χ1v) is 8.71. The van der Waals surface area contributed by atoms with Gasteiger partial charge >= 0.3 is 0 Å². The third-order valence-corrected chi connectivity index (χ3v) is 6.10. The van der Waals surface area contributed by atoms with E-state index in [1.807, 2.05) is 6.92 Å². The fourth-order valence-electron chi connectivity index (χ4n) is 1.71. The summed E-state index contributed by atoms with van der Waals surface area (Å²) in [7, 11) is 0. The molecular weight excluding hydrogens is 203 g/mol. The van der Waals surface area contributed by atoms with Crippen LogP contribution in [-0.4, -0.2) is 18.5 Å². The minimum atomic E-state index is -2.34. The summed E-state index contributed by atoms with van der Waals surface area (Å²) in [5.74, 6) is 0.875. The first-order valence-electron chi connectivity index (χ1n) is 5.04. The molecule has 78 valence electrons. The SMILES string of the molecule is CCSP(C)(=O)OC1CCCCC1. The molecule has 4 heteroatoms. The molecule has 1 atom stereocenters. The van der Waals surface area contributed by atoms with Gasteiger partial charge in [-0.1, -0.05) is 37.6 Å². The summed E-state index contributed by atoms with van der Waals surface area (Å²) in [6.07, 6.45) is 6.26. The number of hydrogen-bond donors (Lipinski definition) is 0. The Morgan fingerprint density at radius 1 is 1.38 bits per heavy atom. The van der Waals surface area contributed by atoms with Crippen LogP contribution in [0.1, 0.15) is 39.0 Å². The summed E-state index contributed by atoms with van der Waals surface area (Å²) in [4.78, 5) is 0. The standard InChI is InChI=1S/C9H19O2PS/c1-3-13-12(2,10)11-9-7-5-4-6-8-9/h9H,3-8H2,1-2H3. The average Bonchev–Trinajstić information content (AvgIpc) is 2.04. The molecule has 1 saturated carbocycles. The van der Waals surface area contributed by atoms with Gasteiger partial charge < -0.3 is 4.52 Å². The van der Waals surface area contributed by atoms with Crippen LogP contribution >= 0.6 is 18.0 Å². The van der Waals surface area contributed by atoms with E-state index in [1.165, 1.54) is 30.6 Å². The summed E-state index contributed by atoms with van der Waals surface area (Å²) in [5.41, 5.74) is 0. The molecule has 1 unspecified atom stereocenters. The summed E-state index contributed by atoms with van der Waals surface area (Å²) in [6, 6.07) is 0. The molecule has 0 saturated heterocycles. The summed E-state index contributed by atoms with van der Waals surface area (Å²) in [6.45, 7) is 1.42. The maximum absolute atomic E-state index is 11.8. The Hall–Kier alpha value is 0.540. The molecule has 0 bridgehead atoms. The monoisotopic (exact) mass is 222 g/mol. The Morgan fingerprint density at radius 3 is 2.54 bits per heavy atom. The molecule has 0 aromatic heterocycles. The molecule has 0 radical (unpaired) electrons. The van der Waals surface area contributed by atoms with E-state index >= 15 is 0 Å². The topological polar surface area (TPSA) is 26.3 Å². The second-order valence-electron chi connectivity index (χ2n) is 3.55. The molecule has 0 spiro atoms. The highest BCUT2D eigenvalue weighted by Gasteiger charge is 2.23. The second-order valence-corrected chi connectivity index (χ2v) is 8.91. The Morgan fingerprint density at radius 2 is 2.00 bits per heavy atom. The van der Waals surface area contributed by atoms with E-state index in [1.54, 1.807) is 6.66 Å². The molecule has 2 nitrogen and oxygen atoms in total. The zero-order chi connectivity index (χ0) is 9.73. The predicted octanol–water partition coefficient (Wildman–Crippen LogP) is 3.91. The lowest BCUT2D eigenvalue weighted by Crippen LogP contribution is -2.14. The van der Waals surface area contributed by atoms with Crippen molar-refractivity contribution in [2.24, 2.45) is 0 Å². The lowest BCUT2D eigenvalue weighted by Gasteiger charge is -2.24. The van der Waals surface area contributed by atoms with Gasteiger partial charge in [0.15, 0.2) is 0 Å². The van der Waals surface area contributed by atoms with Gasteiger partial charge in [-0.05, 0) is 18.6 Å². The van der Waals surface area contributed by atoms with E-state index in [9.17, 15) is 4.57 Å². The predicted molar refractivity (Wildman–Crippen MR) is 59.6 cm³/mol. The van der Waals surface area contributed by atoms with Crippen LogP contribution in [0.15, 0.2) is 0 Å². The maximum Gasteiger partial charge on any atom is 0.254 e. The van der Waals surface area contributed by atoms with E-state index < -0.39 is 6.57 Å². The van der Waals surface area contributed by atoms with Crippen LogP contribution in [0.3, 0.4) is 0 Å². The first kappa shape index (κ1) is 11.6. The van der Waals surface area contributed by atoms with Gasteiger partial charge in [0.1, 0.15) is 0 Å². The molecule has 13 heavy (non-hydrogen) atoms. The number of rotatable bonds is 4. The average molecular weight is 222 g/mol. The quantitative estimate of drug-likeness (QED) is 0.674. The van der Waals surface area contributed by atoms with Crippen molar-refractivity contribution in [3.8, 4) is 0 Å². The van der Waals surface area contributed by atoms with Crippen LogP contribution in [0.25, 0.3) is 0 Å². The van der Waals surface area contributed by atoms with Gasteiger partial charge in [0.25, 0.3) is 6.57 Å². The van der Waals surface area contributed by atoms with E-state index in [-0.39, 0.29) is 6.10 Å². The lowest BCUT2D eigenvalue weighted by molar-refractivity contribution is 0.165. The maximum atomic E-state index is 11.8. The number of hydrogen-bond acceptors (Lipinski definition) is 3. The minimum Gasteiger partial charge on any atom is -0.318 e. The Bertz CT molecular complexity index is 190. The van der Waals surface area contributed by atoms with Crippen LogP contribution in [0.4, 0.5) is 0 Å². The summed E-state index contributed by atoms with van der Waals surface area (Å²) < 4.78 is 17.5. The highest BCUT2D eigenvalue weighted by Crippen LogP contribution is 2.57.